The monoisotopic (exact) mass is 364 g/mol. The summed E-state index contributed by atoms with van der Waals surface area (Å²) in [6.45, 7) is -0.128. The Hall–Kier alpha value is -3.39. The number of H-pyrrole nitrogens is 1. The van der Waals surface area contributed by atoms with Crippen LogP contribution in [0.5, 0.6) is 0 Å². The molecule has 0 saturated heterocycles. The first-order chi connectivity index (χ1) is 12.7. The van der Waals surface area contributed by atoms with Crippen molar-refractivity contribution in [3.05, 3.63) is 75.9 Å². The largest absolute Gasteiger partial charge is 0.456 e. The summed E-state index contributed by atoms with van der Waals surface area (Å²) in [4.78, 5) is 39.4. The van der Waals surface area contributed by atoms with E-state index in [2.05, 4.69) is 19.9 Å². The molecular formula is C18H12N4O3S. The van der Waals surface area contributed by atoms with E-state index in [0.29, 0.717) is 16.3 Å². The first-order valence-electron chi connectivity index (χ1n) is 7.71. The summed E-state index contributed by atoms with van der Waals surface area (Å²) in [5.41, 5.74) is 1.59. The zero-order valence-corrected chi connectivity index (χ0v) is 14.2. The van der Waals surface area contributed by atoms with Crippen molar-refractivity contribution in [3.8, 4) is 10.7 Å². The molecule has 0 radical (unpaired) electrons. The molecular weight excluding hydrogens is 352 g/mol. The first-order valence-corrected chi connectivity index (χ1v) is 8.58. The van der Waals surface area contributed by atoms with E-state index in [1.54, 1.807) is 30.0 Å². The van der Waals surface area contributed by atoms with E-state index >= 15 is 0 Å². The van der Waals surface area contributed by atoms with Crippen molar-refractivity contribution in [2.45, 2.75) is 6.61 Å². The van der Waals surface area contributed by atoms with Gasteiger partial charge in [0.15, 0.2) is 5.69 Å². The smallest absolute Gasteiger partial charge is 0.358 e. The molecule has 3 heterocycles. The number of carbonyl (C=O) groups is 1. The molecule has 0 unspecified atom stereocenters. The van der Waals surface area contributed by atoms with E-state index in [4.69, 9.17) is 4.74 Å². The van der Waals surface area contributed by atoms with Crippen LogP contribution in [0.25, 0.3) is 21.6 Å². The van der Waals surface area contributed by atoms with Crippen molar-refractivity contribution < 1.29 is 9.53 Å². The molecule has 128 valence electrons. The van der Waals surface area contributed by atoms with Gasteiger partial charge in [0, 0.05) is 23.3 Å². The van der Waals surface area contributed by atoms with Gasteiger partial charge in [0.25, 0.3) is 5.56 Å². The van der Waals surface area contributed by atoms with Crippen LogP contribution in [0.3, 0.4) is 0 Å². The van der Waals surface area contributed by atoms with Crippen molar-refractivity contribution in [1.29, 1.82) is 0 Å². The predicted molar refractivity (Wildman–Crippen MR) is 96.8 cm³/mol. The molecule has 8 heteroatoms. The van der Waals surface area contributed by atoms with Crippen LogP contribution in [0.1, 0.15) is 16.1 Å². The van der Waals surface area contributed by atoms with Gasteiger partial charge < -0.3 is 9.72 Å². The zero-order chi connectivity index (χ0) is 17.9. The third-order valence-corrected chi connectivity index (χ3v) is 4.55. The summed E-state index contributed by atoms with van der Waals surface area (Å²) in [6, 6.07) is 9.13. The Morgan fingerprint density at radius 2 is 2.12 bits per heavy atom. The summed E-state index contributed by atoms with van der Waals surface area (Å²) in [5.74, 6) is -0.594. The van der Waals surface area contributed by atoms with Crippen molar-refractivity contribution >= 4 is 28.2 Å². The number of nitrogens with zero attached hydrogens (tertiary/aromatic N) is 3. The normalized spacial score (nSPS) is 10.8. The second-order valence-corrected chi connectivity index (χ2v) is 6.27. The van der Waals surface area contributed by atoms with Gasteiger partial charge in [-0.05, 0) is 17.5 Å². The Morgan fingerprint density at radius 3 is 2.96 bits per heavy atom. The summed E-state index contributed by atoms with van der Waals surface area (Å²) < 4.78 is 5.24. The molecule has 0 fully saturated rings. The van der Waals surface area contributed by atoms with E-state index in [0.717, 1.165) is 10.9 Å². The van der Waals surface area contributed by atoms with E-state index in [1.165, 1.54) is 11.3 Å². The van der Waals surface area contributed by atoms with Crippen LogP contribution >= 0.6 is 11.3 Å². The lowest BCUT2D eigenvalue weighted by Gasteiger charge is -2.04. The molecule has 1 N–H and O–H groups in total. The van der Waals surface area contributed by atoms with Crippen LogP contribution in [0.15, 0.2) is 59.1 Å². The summed E-state index contributed by atoms with van der Waals surface area (Å²) in [5, 5.41) is 3.04. The highest BCUT2D eigenvalue weighted by atomic mass is 32.1. The molecule has 0 atom stereocenters. The number of aromatic amines is 1. The minimum atomic E-state index is -0.594. The minimum absolute atomic E-state index is 0.128. The molecule has 0 bridgehead atoms. The molecule has 0 saturated carbocycles. The summed E-state index contributed by atoms with van der Waals surface area (Å²) in [6.07, 6.45) is 4.69. The van der Waals surface area contributed by atoms with Crippen molar-refractivity contribution in [3.63, 3.8) is 0 Å². The maximum atomic E-state index is 12.2. The fraction of sp³-hybridized carbons (Fsp3) is 0.0556. The SMILES string of the molecule is O=C(OCc1cc2ccccc2[nH]c1=O)c1csc(-c2cnccn2)n1. The number of pyridine rings is 1. The number of ether oxygens (including phenoxy) is 1. The van der Waals surface area contributed by atoms with Crippen LogP contribution in [-0.4, -0.2) is 25.9 Å². The predicted octanol–water partition coefficient (Wildman–Crippen LogP) is 2.80. The molecule has 0 spiro atoms. The molecule has 26 heavy (non-hydrogen) atoms. The molecule has 7 nitrogen and oxygen atoms in total. The van der Waals surface area contributed by atoms with Gasteiger partial charge in [-0.1, -0.05) is 18.2 Å². The van der Waals surface area contributed by atoms with Crippen LogP contribution < -0.4 is 5.56 Å². The number of thiazole rings is 1. The van der Waals surface area contributed by atoms with Gasteiger partial charge in [-0.3, -0.25) is 14.8 Å². The van der Waals surface area contributed by atoms with Gasteiger partial charge >= 0.3 is 5.97 Å². The third kappa shape index (κ3) is 3.22. The molecule has 3 aromatic heterocycles. The molecule has 0 aliphatic rings. The summed E-state index contributed by atoms with van der Waals surface area (Å²) >= 11 is 1.28. The standard InChI is InChI=1S/C18H12N4O3S/c23-16-12(7-11-3-1-2-4-13(11)21-16)9-25-18(24)15-10-26-17(22-15)14-8-19-5-6-20-14/h1-8,10H,9H2,(H,21,23). The highest BCUT2D eigenvalue weighted by Crippen LogP contribution is 2.21. The number of aromatic nitrogens is 4. The Balaban J connectivity index is 1.50. The van der Waals surface area contributed by atoms with Crippen LogP contribution in [0.2, 0.25) is 0 Å². The molecule has 0 amide bonds. The van der Waals surface area contributed by atoms with Gasteiger partial charge in [0.2, 0.25) is 0 Å². The third-order valence-electron chi connectivity index (χ3n) is 3.68. The average Bonchev–Trinajstić information content (AvgIpc) is 3.17. The molecule has 0 aliphatic carbocycles. The maximum absolute atomic E-state index is 12.2. The quantitative estimate of drug-likeness (QED) is 0.559. The highest BCUT2D eigenvalue weighted by Gasteiger charge is 2.15. The number of carbonyl (C=O) groups excluding carboxylic acids is 1. The Labute approximate surface area is 151 Å². The maximum Gasteiger partial charge on any atom is 0.358 e. The summed E-state index contributed by atoms with van der Waals surface area (Å²) in [7, 11) is 0. The van der Waals surface area contributed by atoms with Gasteiger partial charge in [-0.15, -0.1) is 11.3 Å². The Bertz CT molecular complexity index is 1140. The lowest BCUT2D eigenvalue weighted by molar-refractivity contribution is 0.0465. The lowest BCUT2D eigenvalue weighted by Crippen LogP contribution is -2.15. The van der Waals surface area contributed by atoms with Gasteiger partial charge in [0.1, 0.15) is 17.3 Å². The highest BCUT2D eigenvalue weighted by molar-refractivity contribution is 7.13. The molecule has 4 rings (SSSR count). The average molecular weight is 364 g/mol. The Morgan fingerprint density at radius 1 is 1.23 bits per heavy atom. The van der Waals surface area contributed by atoms with Crippen LogP contribution in [0.4, 0.5) is 0 Å². The number of benzene rings is 1. The van der Waals surface area contributed by atoms with E-state index in [9.17, 15) is 9.59 Å². The molecule has 0 aliphatic heterocycles. The van der Waals surface area contributed by atoms with Crippen LogP contribution in [-0.2, 0) is 11.3 Å². The van der Waals surface area contributed by atoms with Crippen molar-refractivity contribution in [1.82, 2.24) is 19.9 Å². The molecule has 1 aromatic carbocycles. The van der Waals surface area contributed by atoms with E-state index in [1.807, 2.05) is 24.3 Å². The Kier molecular flexibility index (Phi) is 4.24. The number of nitrogens with one attached hydrogen (secondary N) is 1. The van der Waals surface area contributed by atoms with Gasteiger partial charge in [-0.2, -0.15) is 0 Å². The number of hydrogen-bond donors (Lipinski definition) is 1. The van der Waals surface area contributed by atoms with E-state index < -0.39 is 5.97 Å². The number of fused-ring (bicyclic) bond motifs is 1. The fourth-order valence-corrected chi connectivity index (χ4v) is 3.16. The minimum Gasteiger partial charge on any atom is -0.456 e. The first kappa shape index (κ1) is 16.1. The van der Waals surface area contributed by atoms with E-state index in [-0.39, 0.29) is 17.9 Å². The lowest BCUT2D eigenvalue weighted by atomic mass is 10.1. The number of rotatable bonds is 4. The zero-order valence-electron chi connectivity index (χ0n) is 13.4. The number of hydrogen-bond acceptors (Lipinski definition) is 7. The number of esters is 1. The van der Waals surface area contributed by atoms with Gasteiger partial charge in [0.05, 0.1) is 11.8 Å². The second kappa shape index (κ2) is 6.85. The van der Waals surface area contributed by atoms with Crippen molar-refractivity contribution in [2.24, 2.45) is 0 Å². The van der Waals surface area contributed by atoms with Crippen molar-refractivity contribution in [2.75, 3.05) is 0 Å². The fourth-order valence-electron chi connectivity index (χ4n) is 2.41. The second-order valence-electron chi connectivity index (χ2n) is 5.42. The number of para-hydroxylation sites is 1. The topological polar surface area (TPSA) is 97.8 Å². The molecule has 4 aromatic rings. The van der Waals surface area contributed by atoms with Crippen LogP contribution in [0, 0.1) is 0 Å². The van der Waals surface area contributed by atoms with Gasteiger partial charge in [-0.25, -0.2) is 9.78 Å².